The standard InChI is InChI=1S/C23H35N5O6S.ClH/c1-11-18-17(12(2)29)22(32)27(18)19(23(33)34)20(11)35-14-7-15(25-8-14)21(31)26-6-5-13(9-26)28(3,4)10-16(24)30;/h11-15,17-18,25,29H,5-10H2,1-4H3,(H2-,24,30,33,34);1H/t11-,12?,13+,14+,15+,17-,18-;/m1./s1. The number of amides is 3. The Balaban J connectivity index is 0.00000361. The van der Waals surface area contributed by atoms with Crippen LogP contribution in [0.4, 0.5) is 0 Å². The molecule has 0 aromatic carbocycles. The number of quaternary nitrogens is 1. The SMILES string of the molecule is CC(O)[C@H]1C(=O)N2C(C(=O)[O-])=C(S[C@@H]3CN[C@H](C(=O)N4CC[C@H]([N+](C)(C)CC(N)=O)C4)C3)[C@H](C)[C@H]12.Cl. The highest BCUT2D eigenvalue weighted by Gasteiger charge is 2.59. The minimum atomic E-state index is -1.39. The molecule has 4 N–H and O–H groups in total. The summed E-state index contributed by atoms with van der Waals surface area (Å²) in [4.78, 5) is 52.7. The number of fused-ring (bicyclic) bond motifs is 1. The Morgan fingerprint density at radius 3 is 2.58 bits per heavy atom. The van der Waals surface area contributed by atoms with Crippen molar-refractivity contribution >= 4 is 47.9 Å². The molecule has 0 aromatic heterocycles. The molecule has 1 unspecified atom stereocenters. The second-order valence-corrected chi connectivity index (χ2v) is 12.2. The number of thioether (sulfide) groups is 1. The number of carboxylic acids is 1. The van der Waals surface area contributed by atoms with E-state index in [1.54, 1.807) is 6.92 Å². The van der Waals surface area contributed by atoms with E-state index in [-0.39, 0.29) is 71.7 Å². The minimum Gasteiger partial charge on any atom is -0.543 e. The summed E-state index contributed by atoms with van der Waals surface area (Å²) >= 11 is 1.39. The zero-order chi connectivity index (χ0) is 25.8. The number of carboxylic acid groups (broad SMARTS) is 1. The molecule has 3 fully saturated rings. The molecule has 0 saturated carbocycles. The quantitative estimate of drug-likeness (QED) is 0.230. The van der Waals surface area contributed by atoms with Crippen LogP contribution < -0.4 is 16.2 Å². The Morgan fingerprint density at radius 1 is 1.33 bits per heavy atom. The summed E-state index contributed by atoms with van der Waals surface area (Å²) in [6.07, 6.45) is 0.482. The van der Waals surface area contributed by atoms with Crippen molar-refractivity contribution in [1.29, 1.82) is 0 Å². The van der Waals surface area contributed by atoms with Crippen molar-refractivity contribution in [3.8, 4) is 0 Å². The number of hydrogen-bond donors (Lipinski definition) is 3. The summed E-state index contributed by atoms with van der Waals surface area (Å²) in [5.41, 5.74) is 5.29. The minimum absolute atomic E-state index is 0. The van der Waals surface area contributed by atoms with Gasteiger partial charge in [0.05, 0.1) is 56.4 Å². The monoisotopic (exact) mass is 545 g/mol. The van der Waals surface area contributed by atoms with E-state index in [1.165, 1.54) is 16.7 Å². The number of carbonyl (C=O) groups excluding carboxylic acids is 4. The van der Waals surface area contributed by atoms with Gasteiger partial charge in [0.1, 0.15) is 6.04 Å². The van der Waals surface area contributed by atoms with E-state index in [0.717, 1.165) is 6.42 Å². The van der Waals surface area contributed by atoms with Gasteiger partial charge in [0.25, 0.3) is 5.91 Å². The van der Waals surface area contributed by atoms with Crippen LogP contribution in [0, 0.1) is 11.8 Å². The van der Waals surface area contributed by atoms with Gasteiger partial charge >= 0.3 is 0 Å². The number of aliphatic carboxylic acids is 1. The third-order valence-corrected chi connectivity index (χ3v) is 9.52. The molecule has 36 heavy (non-hydrogen) atoms. The number of likely N-dealkylation sites (N-methyl/N-ethyl adjacent to an activating group) is 1. The number of primary amides is 1. The average Bonchev–Trinajstić information content (AvgIpc) is 3.46. The number of halogens is 1. The van der Waals surface area contributed by atoms with Gasteiger partial charge in [-0.05, 0) is 13.3 Å². The van der Waals surface area contributed by atoms with Crippen molar-refractivity contribution in [3.05, 3.63) is 10.6 Å². The van der Waals surface area contributed by atoms with E-state index in [1.807, 2.05) is 25.9 Å². The summed E-state index contributed by atoms with van der Waals surface area (Å²) in [6, 6.07) is -0.615. The fraction of sp³-hybridized carbons (Fsp3) is 0.739. The van der Waals surface area contributed by atoms with Gasteiger partial charge in [0.15, 0.2) is 6.54 Å². The Kier molecular flexibility index (Phi) is 8.36. The number of aliphatic hydroxyl groups excluding tert-OH is 1. The lowest BCUT2D eigenvalue weighted by atomic mass is 9.79. The number of nitrogens with one attached hydrogen (secondary N) is 1. The first-order valence-electron chi connectivity index (χ1n) is 12.1. The number of nitrogens with zero attached hydrogens (tertiary/aromatic N) is 3. The maximum absolute atomic E-state index is 13.2. The lowest BCUT2D eigenvalue weighted by Crippen LogP contribution is -2.64. The molecule has 202 valence electrons. The molecule has 7 atom stereocenters. The van der Waals surface area contributed by atoms with Crippen LogP contribution in [0.15, 0.2) is 10.6 Å². The highest BCUT2D eigenvalue weighted by molar-refractivity contribution is 8.03. The summed E-state index contributed by atoms with van der Waals surface area (Å²) in [5.74, 6) is -2.98. The zero-order valence-electron chi connectivity index (χ0n) is 21.0. The largest absolute Gasteiger partial charge is 0.543 e. The molecule has 4 aliphatic heterocycles. The van der Waals surface area contributed by atoms with Crippen LogP contribution in [0.3, 0.4) is 0 Å². The third kappa shape index (κ3) is 4.98. The van der Waals surface area contributed by atoms with Crippen molar-refractivity contribution in [1.82, 2.24) is 15.1 Å². The first kappa shape index (κ1) is 28.7. The third-order valence-electron chi connectivity index (χ3n) is 8.01. The molecule has 13 heteroatoms. The average molecular weight is 546 g/mol. The predicted octanol–water partition coefficient (Wildman–Crippen LogP) is -2.15. The number of β-lactam (4-membered cyclic amide) rings is 1. The van der Waals surface area contributed by atoms with Gasteiger partial charge in [-0.2, -0.15) is 0 Å². The predicted molar refractivity (Wildman–Crippen MR) is 133 cm³/mol. The molecule has 0 spiro atoms. The molecular formula is C23H36ClN5O6S. The fourth-order valence-corrected chi connectivity index (χ4v) is 7.57. The van der Waals surface area contributed by atoms with E-state index in [9.17, 15) is 29.4 Å². The summed E-state index contributed by atoms with van der Waals surface area (Å²) < 4.78 is 0.442. The number of carbonyl (C=O) groups is 4. The first-order valence-corrected chi connectivity index (χ1v) is 13.0. The Labute approximate surface area is 221 Å². The molecule has 0 radical (unpaired) electrons. The molecule has 4 rings (SSSR count). The first-order chi connectivity index (χ1) is 16.3. The Morgan fingerprint density at radius 2 is 2.00 bits per heavy atom. The van der Waals surface area contributed by atoms with Crippen molar-refractivity contribution in [3.63, 3.8) is 0 Å². The molecule has 0 aliphatic carbocycles. The lowest BCUT2D eigenvalue weighted by molar-refractivity contribution is -0.905. The van der Waals surface area contributed by atoms with Gasteiger partial charge in [-0.3, -0.25) is 14.4 Å². The van der Waals surface area contributed by atoms with E-state index >= 15 is 0 Å². The van der Waals surface area contributed by atoms with Crippen LogP contribution in [-0.2, 0) is 19.2 Å². The van der Waals surface area contributed by atoms with Gasteiger partial charge in [-0.1, -0.05) is 6.92 Å². The molecule has 3 amide bonds. The molecule has 0 bridgehead atoms. The number of rotatable bonds is 8. The van der Waals surface area contributed by atoms with Crippen LogP contribution in [0.1, 0.15) is 26.7 Å². The molecule has 0 aromatic rings. The van der Waals surface area contributed by atoms with Gasteiger partial charge < -0.3 is 40.3 Å². The molecular weight excluding hydrogens is 510 g/mol. The van der Waals surface area contributed by atoms with E-state index < -0.39 is 18.0 Å². The summed E-state index contributed by atoms with van der Waals surface area (Å²) in [5, 5.41) is 25.2. The summed E-state index contributed by atoms with van der Waals surface area (Å²) in [7, 11) is 3.90. The van der Waals surface area contributed by atoms with E-state index in [0.29, 0.717) is 35.4 Å². The number of aliphatic hydroxyl groups is 1. The van der Waals surface area contributed by atoms with Gasteiger partial charge in [0.2, 0.25) is 11.8 Å². The second-order valence-electron chi connectivity index (χ2n) is 10.8. The lowest BCUT2D eigenvalue weighted by Gasteiger charge is -2.47. The highest BCUT2D eigenvalue weighted by atomic mass is 35.5. The van der Waals surface area contributed by atoms with Crippen molar-refractivity contribution in [2.24, 2.45) is 17.6 Å². The van der Waals surface area contributed by atoms with Gasteiger partial charge in [-0.25, -0.2) is 0 Å². The molecule has 4 aliphatic rings. The number of likely N-dealkylation sites (tertiary alicyclic amines) is 1. The number of hydrogen-bond acceptors (Lipinski definition) is 8. The van der Waals surface area contributed by atoms with Crippen LogP contribution in [0.2, 0.25) is 0 Å². The second kappa shape index (κ2) is 10.5. The van der Waals surface area contributed by atoms with Crippen LogP contribution in [-0.4, -0.2) is 113 Å². The maximum atomic E-state index is 13.2. The van der Waals surface area contributed by atoms with E-state index in [2.05, 4.69) is 5.32 Å². The zero-order valence-corrected chi connectivity index (χ0v) is 22.6. The van der Waals surface area contributed by atoms with Crippen molar-refractivity contribution in [2.45, 2.75) is 56.2 Å². The smallest absolute Gasteiger partial charge is 0.272 e. The maximum Gasteiger partial charge on any atom is 0.272 e. The van der Waals surface area contributed by atoms with Gasteiger partial charge in [0, 0.05) is 35.6 Å². The number of nitrogens with two attached hydrogens (primary N) is 1. The van der Waals surface area contributed by atoms with Gasteiger partial charge in [-0.15, -0.1) is 24.2 Å². The Bertz CT molecular complexity index is 975. The van der Waals surface area contributed by atoms with Crippen LogP contribution in [0.25, 0.3) is 0 Å². The van der Waals surface area contributed by atoms with Crippen molar-refractivity contribution in [2.75, 3.05) is 40.3 Å². The van der Waals surface area contributed by atoms with Crippen LogP contribution >= 0.6 is 24.2 Å². The fourth-order valence-electron chi connectivity index (χ4n) is 6.09. The highest BCUT2D eigenvalue weighted by Crippen LogP contribution is 2.51. The van der Waals surface area contributed by atoms with Crippen molar-refractivity contribution < 1.29 is 33.9 Å². The molecule has 11 nitrogen and oxygen atoms in total. The molecule has 3 saturated heterocycles. The summed E-state index contributed by atoms with van der Waals surface area (Å²) in [6.45, 7) is 5.36. The topological polar surface area (TPSA) is 156 Å². The molecule has 4 heterocycles. The van der Waals surface area contributed by atoms with Crippen LogP contribution in [0.5, 0.6) is 0 Å². The Hall–Kier alpha value is -1.86. The normalized spacial score (nSPS) is 32.8. The van der Waals surface area contributed by atoms with E-state index in [4.69, 9.17) is 5.73 Å².